The highest BCUT2D eigenvalue weighted by Crippen LogP contribution is 2.29. The number of hydrogen-bond donors (Lipinski definition) is 2. The van der Waals surface area contributed by atoms with E-state index in [1.807, 2.05) is 0 Å². The molecule has 2 amide bonds. The van der Waals surface area contributed by atoms with Crippen molar-refractivity contribution in [3.63, 3.8) is 0 Å². The first kappa shape index (κ1) is 23.2. The zero-order valence-electron chi connectivity index (χ0n) is 18.3. The first-order valence-corrected chi connectivity index (χ1v) is 11.5. The van der Waals surface area contributed by atoms with Crippen molar-refractivity contribution in [3.05, 3.63) is 24.3 Å². The second kappa shape index (κ2) is 11.8. The van der Waals surface area contributed by atoms with Gasteiger partial charge in [-0.25, -0.2) is 9.78 Å². The third kappa shape index (κ3) is 6.74. The van der Waals surface area contributed by atoms with Crippen LogP contribution < -0.4 is 10.6 Å². The normalized spacial score (nSPS) is 19.8. The van der Waals surface area contributed by atoms with Gasteiger partial charge in [0.15, 0.2) is 0 Å². The summed E-state index contributed by atoms with van der Waals surface area (Å²) in [5.74, 6) is -0.750. The van der Waals surface area contributed by atoms with Crippen LogP contribution in [0.15, 0.2) is 18.6 Å². The lowest BCUT2D eigenvalue weighted by Crippen LogP contribution is -2.55. The van der Waals surface area contributed by atoms with Gasteiger partial charge in [0.1, 0.15) is 17.8 Å². The molecule has 3 rings (SSSR count). The average molecular weight is 431 g/mol. The minimum absolute atomic E-state index is 0.0300. The lowest BCUT2D eigenvalue weighted by atomic mass is 9.82. The highest BCUT2D eigenvalue weighted by atomic mass is 16.5. The molecule has 0 radical (unpaired) electrons. The molecule has 2 fully saturated rings. The Labute approximate surface area is 183 Å². The van der Waals surface area contributed by atoms with Gasteiger partial charge in [-0.3, -0.25) is 14.6 Å². The molecule has 2 aliphatic rings. The standard InChI is InChI=1S/C23H34N4O4/c1-31-23(30)18(14-16-8-4-2-5-9-16)26-22(29)20(17-10-6-3-7-11-17)27-21(28)19-15-24-12-13-25-19/h12-13,15-18,20H,2-11,14H2,1H3,(H,26,29)(H,27,28)/t18-,20-/m0/s1. The van der Waals surface area contributed by atoms with Crippen LogP contribution in [0.3, 0.4) is 0 Å². The molecule has 0 aliphatic heterocycles. The highest BCUT2D eigenvalue weighted by molar-refractivity contribution is 5.96. The van der Waals surface area contributed by atoms with Gasteiger partial charge >= 0.3 is 5.97 Å². The Morgan fingerprint density at radius 3 is 2.29 bits per heavy atom. The number of esters is 1. The van der Waals surface area contributed by atoms with Crippen molar-refractivity contribution >= 4 is 17.8 Å². The fourth-order valence-electron chi connectivity index (χ4n) is 4.87. The number of amides is 2. The van der Waals surface area contributed by atoms with Gasteiger partial charge in [0.05, 0.1) is 13.3 Å². The third-order valence-electron chi connectivity index (χ3n) is 6.58. The van der Waals surface area contributed by atoms with Crippen molar-refractivity contribution in [2.75, 3.05) is 7.11 Å². The molecule has 0 aromatic carbocycles. The fraction of sp³-hybridized carbons (Fsp3) is 0.696. The van der Waals surface area contributed by atoms with Crippen LogP contribution in [0.25, 0.3) is 0 Å². The van der Waals surface area contributed by atoms with Crippen molar-refractivity contribution in [2.24, 2.45) is 11.8 Å². The van der Waals surface area contributed by atoms with Crippen LogP contribution in [0.1, 0.15) is 81.1 Å². The molecular weight excluding hydrogens is 396 g/mol. The zero-order chi connectivity index (χ0) is 22.1. The van der Waals surface area contributed by atoms with Crippen LogP contribution in [0.2, 0.25) is 0 Å². The molecular formula is C23H34N4O4. The van der Waals surface area contributed by atoms with Crippen molar-refractivity contribution in [1.29, 1.82) is 0 Å². The molecule has 0 bridgehead atoms. The van der Waals surface area contributed by atoms with Crippen molar-refractivity contribution in [2.45, 2.75) is 82.7 Å². The Morgan fingerprint density at radius 1 is 1.00 bits per heavy atom. The first-order valence-electron chi connectivity index (χ1n) is 11.5. The molecule has 0 saturated heterocycles. The van der Waals surface area contributed by atoms with Gasteiger partial charge in [0.25, 0.3) is 5.91 Å². The molecule has 0 spiro atoms. The number of carbonyl (C=O) groups excluding carboxylic acids is 3. The Morgan fingerprint density at radius 2 is 1.68 bits per heavy atom. The summed E-state index contributed by atoms with van der Waals surface area (Å²) in [4.78, 5) is 46.4. The Balaban J connectivity index is 1.71. The SMILES string of the molecule is COC(=O)[C@H](CC1CCCCC1)NC(=O)[C@@H](NC(=O)c1cnccn1)C1CCCCC1. The van der Waals surface area contributed by atoms with E-state index in [1.165, 1.54) is 32.1 Å². The Bertz CT molecular complexity index is 730. The minimum atomic E-state index is -0.715. The van der Waals surface area contributed by atoms with Crippen molar-refractivity contribution in [3.8, 4) is 0 Å². The number of nitrogens with zero attached hydrogens (tertiary/aromatic N) is 2. The van der Waals surface area contributed by atoms with Crippen LogP contribution in [-0.2, 0) is 14.3 Å². The predicted molar refractivity (Wildman–Crippen MR) is 115 cm³/mol. The van der Waals surface area contributed by atoms with E-state index >= 15 is 0 Å². The topological polar surface area (TPSA) is 110 Å². The van der Waals surface area contributed by atoms with Gasteiger partial charge in [-0.1, -0.05) is 51.4 Å². The monoisotopic (exact) mass is 430 g/mol. The van der Waals surface area contributed by atoms with Gasteiger partial charge in [-0.05, 0) is 31.1 Å². The highest BCUT2D eigenvalue weighted by Gasteiger charge is 2.35. The van der Waals surface area contributed by atoms with E-state index in [9.17, 15) is 14.4 Å². The molecule has 8 heteroatoms. The lowest BCUT2D eigenvalue weighted by Gasteiger charge is -2.32. The maximum atomic E-state index is 13.3. The second-order valence-electron chi connectivity index (χ2n) is 8.76. The van der Waals surface area contributed by atoms with Crippen LogP contribution >= 0.6 is 0 Å². The van der Waals surface area contributed by atoms with Gasteiger partial charge in [0.2, 0.25) is 5.91 Å². The number of ether oxygens (including phenoxy) is 1. The summed E-state index contributed by atoms with van der Waals surface area (Å²) in [6, 6.07) is -1.41. The summed E-state index contributed by atoms with van der Waals surface area (Å²) in [6.45, 7) is 0. The van der Waals surface area contributed by atoms with E-state index in [0.717, 1.165) is 57.8 Å². The predicted octanol–water partition coefficient (Wildman–Crippen LogP) is 2.78. The van der Waals surface area contributed by atoms with Crippen LogP contribution in [0, 0.1) is 11.8 Å². The van der Waals surface area contributed by atoms with E-state index in [1.54, 1.807) is 0 Å². The van der Waals surface area contributed by atoms with Crippen LogP contribution in [0.4, 0.5) is 0 Å². The van der Waals surface area contributed by atoms with Gasteiger partial charge in [-0.2, -0.15) is 0 Å². The van der Waals surface area contributed by atoms with E-state index in [2.05, 4.69) is 20.6 Å². The van der Waals surface area contributed by atoms with Crippen LogP contribution in [-0.4, -0.2) is 46.9 Å². The molecule has 1 aromatic rings. The first-order chi connectivity index (χ1) is 15.1. The Kier molecular flexibility index (Phi) is 8.79. The van der Waals surface area contributed by atoms with Crippen molar-refractivity contribution in [1.82, 2.24) is 20.6 Å². The van der Waals surface area contributed by atoms with E-state index in [0.29, 0.717) is 12.3 Å². The lowest BCUT2D eigenvalue weighted by molar-refractivity contribution is -0.146. The molecule has 2 atom stereocenters. The van der Waals surface area contributed by atoms with Crippen molar-refractivity contribution < 1.29 is 19.1 Å². The quantitative estimate of drug-likeness (QED) is 0.614. The smallest absolute Gasteiger partial charge is 0.328 e. The molecule has 8 nitrogen and oxygen atoms in total. The second-order valence-corrected chi connectivity index (χ2v) is 8.76. The number of rotatable bonds is 8. The Hall–Kier alpha value is -2.51. The molecule has 1 aromatic heterocycles. The summed E-state index contributed by atoms with van der Waals surface area (Å²) in [6.07, 6.45) is 15.5. The summed E-state index contributed by atoms with van der Waals surface area (Å²) >= 11 is 0. The van der Waals surface area contributed by atoms with Gasteiger partial charge in [0, 0.05) is 12.4 Å². The molecule has 2 N–H and O–H groups in total. The largest absolute Gasteiger partial charge is 0.467 e. The minimum Gasteiger partial charge on any atom is -0.467 e. The molecule has 2 aliphatic carbocycles. The summed E-state index contributed by atoms with van der Waals surface area (Å²) in [5.41, 5.74) is 0.169. The number of nitrogens with one attached hydrogen (secondary N) is 2. The van der Waals surface area contributed by atoms with Gasteiger partial charge in [-0.15, -0.1) is 0 Å². The molecule has 31 heavy (non-hydrogen) atoms. The average Bonchev–Trinajstić information content (AvgIpc) is 2.83. The number of methoxy groups -OCH3 is 1. The van der Waals surface area contributed by atoms with E-state index in [-0.39, 0.29) is 17.5 Å². The van der Waals surface area contributed by atoms with Gasteiger partial charge < -0.3 is 15.4 Å². The fourth-order valence-corrected chi connectivity index (χ4v) is 4.87. The molecule has 2 saturated carbocycles. The zero-order valence-corrected chi connectivity index (χ0v) is 18.3. The maximum Gasteiger partial charge on any atom is 0.328 e. The van der Waals surface area contributed by atoms with E-state index < -0.39 is 24.0 Å². The molecule has 170 valence electrons. The maximum absolute atomic E-state index is 13.3. The van der Waals surface area contributed by atoms with Crippen LogP contribution in [0.5, 0.6) is 0 Å². The summed E-state index contributed by atoms with van der Waals surface area (Å²) < 4.78 is 4.97. The molecule has 1 heterocycles. The number of aromatic nitrogens is 2. The summed E-state index contributed by atoms with van der Waals surface area (Å²) in [5, 5.41) is 5.77. The molecule has 0 unspecified atom stereocenters. The number of carbonyl (C=O) groups is 3. The summed E-state index contributed by atoms with van der Waals surface area (Å²) in [7, 11) is 1.34. The third-order valence-corrected chi connectivity index (χ3v) is 6.58. The number of hydrogen-bond acceptors (Lipinski definition) is 6. The van der Waals surface area contributed by atoms with E-state index in [4.69, 9.17) is 4.74 Å².